The summed E-state index contributed by atoms with van der Waals surface area (Å²) in [5.41, 5.74) is 0. The Kier molecular flexibility index (Phi) is 6.62. The van der Waals surface area contributed by atoms with Crippen LogP contribution in [-0.2, 0) is 0 Å². The van der Waals surface area contributed by atoms with Crippen molar-refractivity contribution >= 4 is 11.6 Å². The molecular weight excluding hydrogens is 208 g/mol. The lowest BCUT2D eigenvalue weighted by Gasteiger charge is -2.25. The van der Waals surface area contributed by atoms with Crippen LogP contribution < -0.4 is 5.32 Å². The Morgan fingerprint density at radius 3 is 2.80 bits per heavy atom. The second kappa shape index (κ2) is 7.48. The third-order valence-electron chi connectivity index (χ3n) is 3.11. The summed E-state index contributed by atoms with van der Waals surface area (Å²) in [6.45, 7) is 3.48. The maximum absolute atomic E-state index is 6.16. The molecule has 1 fully saturated rings. The van der Waals surface area contributed by atoms with E-state index in [1.165, 1.54) is 38.6 Å². The molecule has 1 rings (SSSR count). The van der Waals surface area contributed by atoms with Crippen molar-refractivity contribution in [3.63, 3.8) is 0 Å². The molecule has 0 saturated heterocycles. The van der Waals surface area contributed by atoms with E-state index < -0.39 is 0 Å². The van der Waals surface area contributed by atoms with Crippen LogP contribution in [0.5, 0.6) is 0 Å². The summed E-state index contributed by atoms with van der Waals surface area (Å²) in [6, 6.07) is 0. The van der Waals surface area contributed by atoms with E-state index in [-0.39, 0.29) is 0 Å². The molecule has 0 radical (unpaired) electrons. The fourth-order valence-electron chi connectivity index (χ4n) is 2.24. The van der Waals surface area contributed by atoms with E-state index in [1.807, 2.05) is 0 Å². The molecule has 1 aliphatic carbocycles. The van der Waals surface area contributed by atoms with Gasteiger partial charge in [0.05, 0.1) is 0 Å². The molecular formula is C12H25ClN2. The van der Waals surface area contributed by atoms with E-state index in [0.29, 0.717) is 5.38 Å². The summed E-state index contributed by atoms with van der Waals surface area (Å²) in [7, 11) is 4.25. The van der Waals surface area contributed by atoms with Gasteiger partial charge in [-0.3, -0.25) is 0 Å². The highest BCUT2D eigenvalue weighted by Crippen LogP contribution is 2.27. The number of halogens is 1. The smallest absolute Gasteiger partial charge is 0.0339 e. The van der Waals surface area contributed by atoms with Crippen LogP contribution in [0.2, 0.25) is 0 Å². The first-order valence-electron chi connectivity index (χ1n) is 6.18. The van der Waals surface area contributed by atoms with E-state index in [9.17, 15) is 0 Å². The van der Waals surface area contributed by atoms with Crippen molar-refractivity contribution in [2.75, 3.05) is 33.7 Å². The van der Waals surface area contributed by atoms with Gasteiger partial charge in [-0.2, -0.15) is 0 Å². The minimum absolute atomic E-state index is 0.437. The third kappa shape index (κ3) is 6.39. The highest BCUT2D eigenvalue weighted by atomic mass is 35.5. The summed E-state index contributed by atoms with van der Waals surface area (Å²) < 4.78 is 0. The predicted molar refractivity (Wildman–Crippen MR) is 67.6 cm³/mol. The maximum atomic E-state index is 6.16. The molecule has 0 aromatic rings. The molecule has 0 amide bonds. The minimum atomic E-state index is 0.437. The van der Waals surface area contributed by atoms with E-state index in [4.69, 9.17) is 11.6 Å². The quantitative estimate of drug-likeness (QED) is 0.559. The molecule has 2 unspecified atom stereocenters. The van der Waals surface area contributed by atoms with Gasteiger partial charge in [0.1, 0.15) is 0 Å². The fourth-order valence-corrected chi connectivity index (χ4v) is 2.64. The molecule has 0 spiro atoms. The molecule has 90 valence electrons. The molecule has 3 heteroatoms. The van der Waals surface area contributed by atoms with Crippen molar-refractivity contribution in [1.29, 1.82) is 0 Å². The molecule has 2 atom stereocenters. The van der Waals surface area contributed by atoms with Gasteiger partial charge in [0, 0.05) is 5.38 Å². The van der Waals surface area contributed by atoms with Crippen LogP contribution in [0.25, 0.3) is 0 Å². The number of nitrogens with one attached hydrogen (secondary N) is 1. The fraction of sp³-hybridized carbons (Fsp3) is 1.00. The van der Waals surface area contributed by atoms with Gasteiger partial charge < -0.3 is 10.2 Å². The predicted octanol–water partition coefficient (Wildman–Crippen LogP) is 2.33. The summed E-state index contributed by atoms with van der Waals surface area (Å²) in [5, 5.41) is 3.98. The Morgan fingerprint density at radius 2 is 2.13 bits per heavy atom. The lowest BCUT2D eigenvalue weighted by atomic mass is 9.89. The normalized spacial score (nSPS) is 27.2. The first-order valence-corrected chi connectivity index (χ1v) is 6.61. The molecule has 1 saturated carbocycles. The number of rotatable bonds is 6. The summed E-state index contributed by atoms with van der Waals surface area (Å²) >= 11 is 6.16. The number of hydrogen-bond acceptors (Lipinski definition) is 2. The molecule has 0 aromatic heterocycles. The van der Waals surface area contributed by atoms with Crippen LogP contribution in [0.15, 0.2) is 0 Å². The van der Waals surface area contributed by atoms with E-state index in [2.05, 4.69) is 24.3 Å². The van der Waals surface area contributed by atoms with Crippen LogP contribution in [0.4, 0.5) is 0 Å². The van der Waals surface area contributed by atoms with Gasteiger partial charge in [-0.15, -0.1) is 11.6 Å². The minimum Gasteiger partial charge on any atom is -0.316 e. The van der Waals surface area contributed by atoms with Crippen LogP contribution >= 0.6 is 11.6 Å². The molecule has 1 aliphatic rings. The highest BCUT2D eigenvalue weighted by molar-refractivity contribution is 6.20. The summed E-state index contributed by atoms with van der Waals surface area (Å²) in [5.74, 6) is 0.820. The van der Waals surface area contributed by atoms with Crippen molar-refractivity contribution < 1.29 is 0 Å². The van der Waals surface area contributed by atoms with Gasteiger partial charge >= 0.3 is 0 Å². The number of nitrogens with zero attached hydrogens (tertiary/aromatic N) is 1. The largest absolute Gasteiger partial charge is 0.316 e. The van der Waals surface area contributed by atoms with E-state index in [1.54, 1.807) is 0 Å². The molecule has 15 heavy (non-hydrogen) atoms. The Morgan fingerprint density at radius 1 is 1.33 bits per heavy atom. The van der Waals surface area contributed by atoms with Gasteiger partial charge in [-0.05, 0) is 65.3 Å². The maximum Gasteiger partial charge on any atom is 0.0339 e. The first kappa shape index (κ1) is 13.3. The van der Waals surface area contributed by atoms with Crippen molar-refractivity contribution in [2.45, 2.75) is 37.5 Å². The zero-order valence-corrected chi connectivity index (χ0v) is 10.9. The lowest BCUT2D eigenvalue weighted by Crippen LogP contribution is -2.29. The van der Waals surface area contributed by atoms with Gasteiger partial charge in [-0.1, -0.05) is 6.42 Å². The lowest BCUT2D eigenvalue weighted by molar-refractivity contribution is 0.339. The Balaban J connectivity index is 1.95. The number of hydrogen-bond donors (Lipinski definition) is 1. The molecule has 0 heterocycles. The van der Waals surface area contributed by atoms with Crippen molar-refractivity contribution in [2.24, 2.45) is 5.92 Å². The monoisotopic (exact) mass is 232 g/mol. The first-order chi connectivity index (χ1) is 7.18. The van der Waals surface area contributed by atoms with Crippen LogP contribution in [0, 0.1) is 5.92 Å². The van der Waals surface area contributed by atoms with Gasteiger partial charge in [-0.25, -0.2) is 0 Å². The van der Waals surface area contributed by atoms with Gasteiger partial charge in [0.15, 0.2) is 0 Å². The number of alkyl halides is 1. The highest BCUT2D eigenvalue weighted by Gasteiger charge is 2.19. The summed E-state index contributed by atoms with van der Waals surface area (Å²) in [4.78, 5) is 2.23. The van der Waals surface area contributed by atoms with Crippen LogP contribution in [0.3, 0.4) is 0 Å². The average molecular weight is 233 g/mol. The van der Waals surface area contributed by atoms with Crippen LogP contribution in [-0.4, -0.2) is 44.0 Å². The zero-order chi connectivity index (χ0) is 11.1. The average Bonchev–Trinajstić information content (AvgIpc) is 2.17. The van der Waals surface area contributed by atoms with Crippen molar-refractivity contribution in [1.82, 2.24) is 10.2 Å². The molecule has 0 aliphatic heterocycles. The molecule has 0 aromatic carbocycles. The SMILES string of the molecule is CN(C)CCCNCC1CCCC(Cl)C1. The molecule has 1 N–H and O–H groups in total. The van der Waals surface area contributed by atoms with Gasteiger partial charge in [0.2, 0.25) is 0 Å². The Labute approximate surface area is 99.4 Å². The Hall–Kier alpha value is 0.210. The second-order valence-electron chi connectivity index (χ2n) is 4.99. The topological polar surface area (TPSA) is 15.3 Å². The van der Waals surface area contributed by atoms with Crippen molar-refractivity contribution in [3.05, 3.63) is 0 Å². The summed E-state index contributed by atoms with van der Waals surface area (Å²) in [6.07, 6.45) is 6.35. The zero-order valence-electron chi connectivity index (χ0n) is 10.1. The van der Waals surface area contributed by atoms with Crippen molar-refractivity contribution in [3.8, 4) is 0 Å². The van der Waals surface area contributed by atoms with Crippen LogP contribution in [0.1, 0.15) is 32.1 Å². The second-order valence-corrected chi connectivity index (χ2v) is 5.61. The molecule has 2 nitrogen and oxygen atoms in total. The van der Waals surface area contributed by atoms with Gasteiger partial charge in [0.25, 0.3) is 0 Å². The molecule has 0 bridgehead atoms. The van der Waals surface area contributed by atoms with E-state index in [0.717, 1.165) is 19.0 Å². The standard InChI is InChI=1S/C12H25ClN2/c1-15(2)8-4-7-14-10-11-5-3-6-12(13)9-11/h11-12,14H,3-10H2,1-2H3. The third-order valence-corrected chi connectivity index (χ3v) is 3.51. The van der Waals surface area contributed by atoms with E-state index >= 15 is 0 Å². The Bertz CT molecular complexity index is 162.